The van der Waals surface area contributed by atoms with Gasteiger partial charge in [-0.25, -0.2) is 9.37 Å². The van der Waals surface area contributed by atoms with Gasteiger partial charge in [0.2, 0.25) is 0 Å². The Hall–Kier alpha value is -2.01. The van der Waals surface area contributed by atoms with Gasteiger partial charge in [-0.2, -0.15) is 0 Å². The van der Waals surface area contributed by atoms with E-state index in [2.05, 4.69) is 15.3 Å². The fourth-order valence-electron chi connectivity index (χ4n) is 1.73. The molecule has 2 aromatic rings. The molecule has 4 nitrogen and oxygen atoms in total. The highest BCUT2D eigenvalue weighted by Crippen LogP contribution is 2.15. The van der Waals surface area contributed by atoms with Crippen molar-refractivity contribution in [3.05, 3.63) is 52.2 Å². The molecule has 106 valence electrons. The SMILES string of the molecule is CC(C)(C)NCc1cc(=O)[nH]c(-c2cccc(F)c2)n1. The average Bonchev–Trinajstić information content (AvgIpc) is 2.35. The lowest BCUT2D eigenvalue weighted by Gasteiger charge is -2.20. The molecule has 0 fully saturated rings. The molecule has 1 aromatic heterocycles. The Morgan fingerprint density at radius 2 is 2.05 bits per heavy atom. The van der Waals surface area contributed by atoms with Gasteiger partial charge in [0.05, 0.1) is 5.69 Å². The number of rotatable bonds is 3. The molecule has 0 atom stereocenters. The Kier molecular flexibility index (Phi) is 3.99. The number of hydrogen-bond donors (Lipinski definition) is 2. The summed E-state index contributed by atoms with van der Waals surface area (Å²) in [6, 6.07) is 7.44. The van der Waals surface area contributed by atoms with Crippen molar-refractivity contribution < 1.29 is 4.39 Å². The van der Waals surface area contributed by atoms with Gasteiger partial charge in [-0.15, -0.1) is 0 Å². The monoisotopic (exact) mass is 275 g/mol. The van der Waals surface area contributed by atoms with E-state index in [9.17, 15) is 9.18 Å². The smallest absolute Gasteiger partial charge is 0.251 e. The molecule has 0 aliphatic carbocycles. The molecule has 0 aliphatic rings. The van der Waals surface area contributed by atoms with Gasteiger partial charge in [-0.05, 0) is 32.9 Å². The highest BCUT2D eigenvalue weighted by Gasteiger charge is 2.10. The number of halogens is 1. The molecule has 0 unspecified atom stereocenters. The van der Waals surface area contributed by atoms with Crippen molar-refractivity contribution in [3.63, 3.8) is 0 Å². The fraction of sp³-hybridized carbons (Fsp3) is 0.333. The lowest BCUT2D eigenvalue weighted by Crippen LogP contribution is -2.35. The zero-order chi connectivity index (χ0) is 14.8. The van der Waals surface area contributed by atoms with Gasteiger partial charge < -0.3 is 10.3 Å². The molecule has 1 aromatic carbocycles. The van der Waals surface area contributed by atoms with Crippen molar-refractivity contribution in [1.82, 2.24) is 15.3 Å². The maximum atomic E-state index is 13.2. The van der Waals surface area contributed by atoms with Crippen LogP contribution in [-0.4, -0.2) is 15.5 Å². The van der Waals surface area contributed by atoms with E-state index < -0.39 is 0 Å². The van der Waals surface area contributed by atoms with Crippen LogP contribution >= 0.6 is 0 Å². The van der Waals surface area contributed by atoms with Crippen LogP contribution in [0.25, 0.3) is 11.4 Å². The maximum absolute atomic E-state index is 13.2. The second kappa shape index (κ2) is 5.54. The van der Waals surface area contributed by atoms with Gasteiger partial charge in [-0.1, -0.05) is 12.1 Å². The Labute approximate surface area is 117 Å². The lowest BCUT2D eigenvalue weighted by molar-refractivity contribution is 0.421. The molecule has 2 N–H and O–H groups in total. The zero-order valence-corrected chi connectivity index (χ0v) is 11.8. The first-order valence-corrected chi connectivity index (χ1v) is 6.45. The maximum Gasteiger partial charge on any atom is 0.251 e. The minimum absolute atomic E-state index is 0.0662. The third kappa shape index (κ3) is 3.99. The highest BCUT2D eigenvalue weighted by atomic mass is 19.1. The first kappa shape index (κ1) is 14.4. The number of H-pyrrole nitrogens is 1. The van der Waals surface area contributed by atoms with Crippen molar-refractivity contribution >= 4 is 0 Å². The van der Waals surface area contributed by atoms with E-state index in [0.29, 0.717) is 23.6 Å². The fourth-order valence-corrected chi connectivity index (χ4v) is 1.73. The summed E-state index contributed by atoms with van der Waals surface area (Å²) in [5.41, 5.74) is 0.871. The molecule has 0 radical (unpaired) electrons. The predicted octanol–water partition coefficient (Wildman–Crippen LogP) is 2.46. The Balaban J connectivity index is 2.32. The molecular formula is C15H18FN3O. The van der Waals surface area contributed by atoms with E-state index in [4.69, 9.17) is 0 Å². The van der Waals surface area contributed by atoms with Crippen molar-refractivity contribution in [2.24, 2.45) is 0 Å². The van der Waals surface area contributed by atoms with Gasteiger partial charge in [0.25, 0.3) is 5.56 Å². The molecule has 2 rings (SSSR count). The Morgan fingerprint density at radius 1 is 1.30 bits per heavy atom. The molecule has 0 bridgehead atoms. The number of nitrogens with one attached hydrogen (secondary N) is 2. The summed E-state index contributed by atoms with van der Waals surface area (Å²) >= 11 is 0. The molecule has 5 heteroatoms. The minimum Gasteiger partial charge on any atom is -0.307 e. The summed E-state index contributed by atoms with van der Waals surface area (Å²) in [4.78, 5) is 18.7. The summed E-state index contributed by atoms with van der Waals surface area (Å²) < 4.78 is 13.2. The van der Waals surface area contributed by atoms with Crippen LogP contribution in [0.4, 0.5) is 4.39 Å². The largest absolute Gasteiger partial charge is 0.307 e. The van der Waals surface area contributed by atoms with Crippen molar-refractivity contribution in [2.75, 3.05) is 0 Å². The minimum atomic E-state index is -0.358. The van der Waals surface area contributed by atoms with Crippen LogP contribution < -0.4 is 10.9 Å². The number of nitrogens with zero attached hydrogens (tertiary/aromatic N) is 1. The second-order valence-electron chi connectivity index (χ2n) is 5.70. The predicted molar refractivity (Wildman–Crippen MR) is 76.8 cm³/mol. The van der Waals surface area contributed by atoms with Gasteiger partial charge >= 0.3 is 0 Å². The van der Waals surface area contributed by atoms with Gasteiger partial charge in [-0.3, -0.25) is 4.79 Å². The lowest BCUT2D eigenvalue weighted by atomic mass is 10.1. The summed E-state index contributed by atoms with van der Waals surface area (Å²) in [5.74, 6) is 0.0195. The van der Waals surface area contributed by atoms with Crippen LogP contribution in [0, 0.1) is 5.82 Å². The standard InChI is InChI=1S/C15H18FN3O/c1-15(2,3)17-9-12-8-13(20)19-14(18-12)10-5-4-6-11(16)7-10/h4-8,17H,9H2,1-3H3,(H,18,19,20). The van der Waals surface area contributed by atoms with Crippen molar-refractivity contribution in [3.8, 4) is 11.4 Å². The van der Waals surface area contributed by atoms with E-state index in [1.165, 1.54) is 18.2 Å². The molecule has 0 amide bonds. The molecule has 0 saturated carbocycles. The van der Waals surface area contributed by atoms with Gasteiger partial charge in [0, 0.05) is 23.7 Å². The van der Waals surface area contributed by atoms with Crippen LogP contribution in [0.2, 0.25) is 0 Å². The third-order valence-electron chi connectivity index (χ3n) is 2.69. The van der Waals surface area contributed by atoms with E-state index in [0.717, 1.165) is 0 Å². The normalized spacial score (nSPS) is 11.6. The number of aromatic nitrogens is 2. The Morgan fingerprint density at radius 3 is 2.70 bits per heavy atom. The Bertz CT molecular complexity index is 659. The summed E-state index contributed by atoms with van der Waals surface area (Å²) in [6.45, 7) is 6.59. The number of aromatic amines is 1. The third-order valence-corrected chi connectivity index (χ3v) is 2.69. The van der Waals surface area contributed by atoms with Crippen LogP contribution in [0.5, 0.6) is 0 Å². The summed E-state index contributed by atoms with van der Waals surface area (Å²) in [5, 5.41) is 3.27. The van der Waals surface area contributed by atoms with E-state index >= 15 is 0 Å². The van der Waals surface area contributed by atoms with E-state index in [1.807, 2.05) is 20.8 Å². The quantitative estimate of drug-likeness (QED) is 0.904. The van der Waals surface area contributed by atoms with Crippen LogP contribution in [-0.2, 0) is 6.54 Å². The highest BCUT2D eigenvalue weighted by molar-refractivity contribution is 5.54. The summed E-state index contributed by atoms with van der Waals surface area (Å²) in [7, 11) is 0. The summed E-state index contributed by atoms with van der Waals surface area (Å²) in [6.07, 6.45) is 0. The average molecular weight is 275 g/mol. The second-order valence-corrected chi connectivity index (χ2v) is 5.70. The van der Waals surface area contributed by atoms with E-state index in [-0.39, 0.29) is 16.9 Å². The topological polar surface area (TPSA) is 57.8 Å². The molecule has 0 spiro atoms. The molecule has 0 saturated heterocycles. The van der Waals surface area contributed by atoms with E-state index in [1.54, 1.807) is 12.1 Å². The van der Waals surface area contributed by atoms with Crippen LogP contribution in [0.3, 0.4) is 0 Å². The number of benzene rings is 1. The van der Waals surface area contributed by atoms with Crippen molar-refractivity contribution in [1.29, 1.82) is 0 Å². The number of hydrogen-bond acceptors (Lipinski definition) is 3. The first-order chi connectivity index (χ1) is 9.33. The van der Waals surface area contributed by atoms with Crippen LogP contribution in [0.15, 0.2) is 35.1 Å². The molecular weight excluding hydrogens is 257 g/mol. The van der Waals surface area contributed by atoms with Gasteiger partial charge in [0.15, 0.2) is 0 Å². The zero-order valence-electron chi connectivity index (χ0n) is 11.8. The van der Waals surface area contributed by atoms with Crippen molar-refractivity contribution in [2.45, 2.75) is 32.9 Å². The molecule has 0 aliphatic heterocycles. The molecule has 1 heterocycles. The van der Waals surface area contributed by atoms with Gasteiger partial charge in [0.1, 0.15) is 11.6 Å². The molecule has 20 heavy (non-hydrogen) atoms. The van der Waals surface area contributed by atoms with Crippen LogP contribution in [0.1, 0.15) is 26.5 Å². The first-order valence-electron chi connectivity index (χ1n) is 6.45.